The van der Waals surface area contributed by atoms with Crippen molar-refractivity contribution in [1.82, 2.24) is 101 Å². The largest absolute Gasteiger partial charge is 0.508 e. The fourth-order valence-corrected chi connectivity index (χ4v) is 14.2. The standard InChI is InChI=1S/C92H146N22O36/c1-39(2)24-52(78(135)96-37-68(121)101-64(38-115)92(149)150)105-80(137)51(21-23-70(124)125)102-91(148)74(47(15)116)114-90(147)57(29-44(11)12)108-88(145)62(34-72(128)129)100-67(120)36-97-79(136)61(33-71(126)127)112-89(146)63(35-73(130)131)113-87(144)60(32-66(95)119)110-82(139)54(26-41(5)6)103-76(133)46(14)98-75(132)45(13)99-81(138)53(25-40(3)4)106-85(142)58(30-48-16-18-49(117)19-17-48)109-86(143)59(31-65(94)118)111-84(141)56(28-43(9)10)107-83(140)55(27-42(7)8)104-77(134)50(93)20-22-69(122)123/h16-19,39-47,50-64,74,115-117H,20-38,93H2,1-15H3,(H2,94,118)(H2,95,119)(H,96,135)(H,97,136)(H,98,132)(H,99,138)(H,100,120)(H,101,121)(H,102,148)(H,103,133)(H,104,134)(H,105,137)(H,106,142)(H,107,140)(H,108,145)(H,109,143)(H,110,139)(H,111,141)(H,112,146)(H,113,144)(H,114,147)(H,122,123)(H,124,125)(H,126,127)(H,128,129)(H,130,131)(H,149,150)/t45-,46-,47+,50-,51-,52-,53-,54-,55-,56-,57-,58-,59-,60-,61-,62-,63-,64-,74-/m0/s1. The van der Waals surface area contributed by atoms with Crippen molar-refractivity contribution < 1.29 is 175 Å². The smallest absolute Gasteiger partial charge is 0.328 e. The Bertz CT molecular complexity index is 4920. The zero-order valence-corrected chi connectivity index (χ0v) is 86.0. The molecule has 0 spiro atoms. The van der Waals surface area contributed by atoms with E-state index in [0.717, 1.165) is 13.8 Å². The average molecular weight is 2140 g/mol. The number of benzene rings is 1. The molecule has 34 N–H and O–H groups in total. The quantitative estimate of drug-likeness (QED) is 0.0288. The number of aromatic hydroxyl groups is 1. The van der Waals surface area contributed by atoms with Gasteiger partial charge in [0.1, 0.15) is 108 Å². The highest BCUT2D eigenvalue weighted by atomic mass is 16.4. The third kappa shape index (κ3) is 52.8. The van der Waals surface area contributed by atoms with E-state index in [2.05, 4.69) is 74.4 Å². The molecule has 0 unspecified atom stereocenters. The number of hydrogen-bond acceptors (Lipinski definition) is 31. The first-order valence-electron chi connectivity index (χ1n) is 48.0. The molecule has 840 valence electrons. The van der Waals surface area contributed by atoms with E-state index in [0.29, 0.717) is 5.56 Å². The second-order valence-corrected chi connectivity index (χ2v) is 38.4. The molecule has 19 atom stereocenters. The van der Waals surface area contributed by atoms with Crippen LogP contribution in [0.4, 0.5) is 0 Å². The molecule has 0 aromatic heterocycles. The average Bonchev–Trinajstić information content (AvgIpc) is 0.851. The number of carboxylic acid groups (broad SMARTS) is 6. The molecule has 0 aliphatic heterocycles. The van der Waals surface area contributed by atoms with Crippen molar-refractivity contribution >= 4 is 160 Å². The number of aliphatic hydroxyl groups excluding tert-OH is 2. The summed E-state index contributed by atoms with van der Waals surface area (Å²) in [6.45, 7) is 19.7. The van der Waals surface area contributed by atoms with Gasteiger partial charge >= 0.3 is 35.8 Å². The summed E-state index contributed by atoms with van der Waals surface area (Å²) >= 11 is 0. The molecular formula is C92H146N22O36. The summed E-state index contributed by atoms with van der Waals surface area (Å²) in [7, 11) is 0. The summed E-state index contributed by atoms with van der Waals surface area (Å²) in [5.41, 5.74) is 17.3. The Hall–Kier alpha value is -15.4. The van der Waals surface area contributed by atoms with Crippen molar-refractivity contribution in [2.24, 2.45) is 52.7 Å². The highest BCUT2D eigenvalue weighted by molar-refractivity contribution is 6.04. The van der Waals surface area contributed by atoms with Gasteiger partial charge in [0, 0.05) is 19.3 Å². The normalized spacial score (nSPS) is 15.0. The molecule has 21 amide bonds. The number of carbonyl (C=O) groups excluding carboxylic acids is 21. The number of nitrogens with one attached hydrogen (secondary N) is 19. The molecule has 0 fully saturated rings. The van der Waals surface area contributed by atoms with Crippen LogP contribution in [-0.2, 0) is 136 Å². The number of amides is 21. The molecule has 58 heteroatoms. The van der Waals surface area contributed by atoms with E-state index in [1.54, 1.807) is 69.2 Å². The lowest BCUT2D eigenvalue weighted by Gasteiger charge is -2.28. The van der Waals surface area contributed by atoms with Crippen LogP contribution in [0.3, 0.4) is 0 Å². The topological polar surface area (TPSA) is 950 Å². The maximum absolute atomic E-state index is 14.6. The van der Waals surface area contributed by atoms with Crippen molar-refractivity contribution in [2.75, 3.05) is 19.7 Å². The van der Waals surface area contributed by atoms with E-state index in [-0.39, 0.29) is 68.4 Å². The second kappa shape index (κ2) is 66.0. The maximum atomic E-state index is 14.6. The summed E-state index contributed by atoms with van der Waals surface area (Å²) in [5, 5.41) is 130. The Morgan fingerprint density at radius 2 is 0.527 bits per heavy atom. The SMILES string of the molecule is CC(C)C[C@H](NC(=O)[C@H](C)NC(=O)[C@H](C)NC(=O)[C@H](CC(C)C)NC(=O)[C@H](Cc1ccc(O)cc1)NC(=O)[C@H](CC(N)=O)NC(=O)[C@H](CC(C)C)NC(=O)[C@H](CC(C)C)NC(=O)[C@@H](N)CCC(=O)O)C(=O)N[C@@H](CC(N)=O)C(=O)N[C@@H](CC(=O)O)C(=O)N[C@@H](CC(=O)O)C(=O)NCC(=O)N[C@@H](CC(=O)O)C(=O)N[C@@H](CC(C)C)C(=O)N[C@H](C(=O)N[C@@H](CCC(=O)O)C(=O)N[C@@H](CC(C)C)C(=O)NCC(=O)N[C@@H](CO)C(=O)O)[C@@H](C)O. The lowest BCUT2D eigenvalue weighted by atomic mass is 9.99. The Balaban J connectivity index is 3.54. The van der Waals surface area contributed by atoms with Gasteiger partial charge in [0.15, 0.2) is 0 Å². The van der Waals surface area contributed by atoms with Crippen LogP contribution in [0.2, 0.25) is 0 Å². The molecule has 0 saturated carbocycles. The Morgan fingerprint density at radius 1 is 0.273 bits per heavy atom. The zero-order chi connectivity index (χ0) is 115. The molecule has 0 aliphatic rings. The van der Waals surface area contributed by atoms with Crippen LogP contribution in [0.15, 0.2) is 24.3 Å². The third-order valence-corrected chi connectivity index (χ3v) is 21.7. The Kier molecular flexibility index (Phi) is 58.4. The van der Waals surface area contributed by atoms with Crippen LogP contribution in [-0.4, -0.2) is 340 Å². The van der Waals surface area contributed by atoms with E-state index < -0.39 is 370 Å². The van der Waals surface area contributed by atoms with Crippen molar-refractivity contribution in [3.05, 3.63) is 29.8 Å². The molecule has 1 rings (SSSR count). The van der Waals surface area contributed by atoms with Gasteiger partial charge in [-0.15, -0.1) is 0 Å². The molecule has 0 radical (unpaired) electrons. The van der Waals surface area contributed by atoms with Crippen LogP contribution in [0.5, 0.6) is 5.75 Å². The molecule has 1 aromatic carbocycles. The fourth-order valence-electron chi connectivity index (χ4n) is 14.2. The number of rotatable bonds is 71. The number of carbonyl (C=O) groups is 27. The molecule has 0 saturated heterocycles. The minimum atomic E-state index is -2.36. The molecule has 0 aliphatic carbocycles. The number of aliphatic carboxylic acids is 6. The van der Waals surface area contributed by atoms with Crippen LogP contribution >= 0.6 is 0 Å². The minimum absolute atomic E-state index is 0.0146. The van der Waals surface area contributed by atoms with Crippen LogP contribution < -0.4 is 118 Å². The number of primary amides is 2. The van der Waals surface area contributed by atoms with Gasteiger partial charge in [0.2, 0.25) is 124 Å². The fraction of sp³-hybridized carbons (Fsp3) is 0.641. The summed E-state index contributed by atoms with van der Waals surface area (Å²) in [6.07, 6.45) is -11.6. The van der Waals surface area contributed by atoms with Crippen molar-refractivity contribution in [3.8, 4) is 5.75 Å². The molecule has 1 aromatic rings. The van der Waals surface area contributed by atoms with Crippen LogP contribution in [0.25, 0.3) is 0 Å². The first-order chi connectivity index (χ1) is 69.6. The van der Waals surface area contributed by atoms with Crippen molar-refractivity contribution in [1.29, 1.82) is 0 Å². The lowest BCUT2D eigenvalue weighted by molar-refractivity contribution is -0.143. The minimum Gasteiger partial charge on any atom is -0.508 e. The van der Waals surface area contributed by atoms with Gasteiger partial charge in [-0.3, -0.25) is 125 Å². The number of phenols is 1. The van der Waals surface area contributed by atoms with Crippen molar-refractivity contribution in [2.45, 2.75) is 321 Å². The highest BCUT2D eigenvalue weighted by Gasteiger charge is 2.42. The van der Waals surface area contributed by atoms with Gasteiger partial charge in [-0.05, 0) is 125 Å². The molecule has 0 heterocycles. The Morgan fingerprint density at radius 3 is 0.860 bits per heavy atom. The predicted octanol–water partition coefficient (Wildman–Crippen LogP) is -9.59. The second-order valence-electron chi connectivity index (χ2n) is 38.4. The number of carboxylic acids is 6. The van der Waals surface area contributed by atoms with E-state index in [9.17, 15) is 165 Å². The number of nitrogens with two attached hydrogens (primary N) is 3. The zero-order valence-electron chi connectivity index (χ0n) is 86.0. The molecule has 58 nitrogen and oxygen atoms in total. The highest BCUT2D eigenvalue weighted by Crippen LogP contribution is 2.19. The van der Waals surface area contributed by atoms with Gasteiger partial charge in [-0.1, -0.05) is 95.2 Å². The van der Waals surface area contributed by atoms with E-state index in [4.69, 9.17) is 27.4 Å². The van der Waals surface area contributed by atoms with E-state index in [1.165, 1.54) is 45.0 Å². The Labute approximate surface area is 862 Å². The monoisotopic (exact) mass is 2140 g/mol. The molecule has 0 bridgehead atoms. The summed E-state index contributed by atoms with van der Waals surface area (Å²) in [5.74, 6) is -38.0. The predicted molar refractivity (Wildman–Crippen MR) is 521 cm³/mol. The summed E-state index contributed by atoms with van der Waals surface area (Å²) in [6, 6.07) is -26.8. The number of aliphatic hydroxyl groups is 2. The number of phenolic OH excluding ortho intramolecular Hbond substituents is 1. The molecular weight excluding hydrogens is 1990 g/mol. The maximum Gasteiger partial charge on any atom is 0.328 e. The van der Waals surface area contributed by atoms with Crippen LogP contribution in [0, 0.1) is 35.5 Å². The summed E-state index contributed by atoms with van der Waals surface area (Å²) < 4.78 is 0. The first kappa shape index (κ1) is 133. The summed E-state index contributed by atoms with van der Waals surface area (Å²) in [4.78, 5) is 360. The van der Waals surface area contributed by atoms with Crippen molar-refractivity contribution in [3.63, 3.8) is 0 Å². The van der Waals surface area contributed by atoms with Gasteiger partial charge in [-0.2, -0.15) is 0 Å². The number of hydrogen-bond donors (Lipinski definition) is 31. The van der Waals surface area contributed by atoms with Gasteiger partial charge in [0.25, 0.3) is 0 Å². The third-order valence-electron chi connectivity index (χ3n) is 21.7. The van der Waals surface area contributed by atoms with Gasteiger partial charge < -0.3 is 164 Å². The first-order valence-corrected chi connectivity index (χ1v) is 48.0. The van der Waals surface area contributed by atoms with E-state index in [1.807, 2.05) is 26.6 Å². The lowest BCUT2D eigenvalue weighted by Crippen LogP contribution is -2.61. The van der Waals surface area contributed by atoms with E-state index >= 15 is 0 Å². The van der Waals surface area contributed by atoms with Gasteiger partial charge in [-0.25, -0.2) is 4.79 Å². The molecule has 150 heavy (non-hydrogen) atoms. The van der Waals surface area contributed by atoms with Gasteiger partial charge in [0.05, 0.1) is 63.9 Å². The van der Waals surface area contributed by atoms with Crippen LogP contribution in [0.1, 0.15) is 206 Å².